The number of fused-ring (bicyclic) bond motifs is 1. The van der Waals surface area contributed by atoms with Crippen molar-refractivity contribution in [1.82, 2.24) is 24.4 Å². The minimum absolute atomic E-state index is 0.0748. The van der Waals surface area contributed by atoms with Crippen LogP contribution >= 0.6 is 11.6 Å². The molecule has 2 atom stereocenters. The first-order valence-corrected chi connectivity index (χ1v) is 14.8. The van der Waals surface area contributed by atoms with Gasteiger partial charge in [-0.1, -0.05) is 51.3 Å². The van der Waals surface area contributed by atoms with E-state index in [0.717, 1.165) is 53.7 Å². The molecule has 0 unspecified atom stereocenters. The van der Waals surface area contributed by atoms with Crippen LogP contribution in [0.25, 0.3) is 16.7 Å². The Morgan fingerprint density at radius 1 is 1.12 bits per heavy atom. The van der Waals surface area contributed by atoms with Gasteiger partial charge in [0.05, 0.1) is 27.5 Å². The van der Waals surface area contributed by atoms with E-state index >= 15 is 0 Å². The molecular weight excluding hydrogens is 524 g/mol. The van der Waals surface area contributed by atoms with Gasteiger partial charge in [0.15, 0.2) is 5.65 Å². The molecule has 2 aliphatic rings. The molecule has 9 heteroatoms. The van der Waals surface area contributed by atoms with Gasteiger partial charge in [-0.25, -0.2) is 14.3 Å². The van der Waals surface area contributed by atoms with Gasteiger partial charge in [0.1, 0.15) is 5.82 Å². The highest BCUT2D eigenvalue weighted by atomic mass is 35.5. The number of hydrogen-bond donors (Lipinski definition) is 0. The van der Waals surface area contributed by atoms with Crippen LogP contribution in [0.15, 0.2) is 35.8 Å². The summed E-state index contributed by atoms with van der Waals surface area (Å²) < 4.78 is 1.64. The largest absolute Gasteiger partial charge is 0.355 e. The molecule has 4 heterocycles. The second-order valence-corrected chi connectivity index (χ2v) is 12.1. The van der Waals surface area contributed by atoms with Crippen molar-refractivity contribution in [3.63, 3.8) is 0 Å². The van der Waals surface area contributed by atoms with Crippen molar-refractivity contribution < 1.29 is 4.79 Å². The molecule has 0 aromatic carbocycles. The number of nitrogens with zero attached hydrogens (tertiary/aromatic N) is 6. The van der Waals surface area contributed by atoms with Crippen LogP contribution in [0.4, 0.5) is 5.82 Å². The number of carbonyl (C=O) groups excluding carboxylic acids is 1. The summed E-state index contributed by atoms with van der Waals surface area (Å²) in [5.41, 5.74) is 3.52. The average Bonchev–Trinajstić information content (AvgIpc) is 2.94. The van der Waals surface area contributed by atoms with Gasteiger partial charge in [0.25, 0.3) is 0 Å². The van der Waals surface area contributed by atoms with E-state index in [0.29, 0.717) is 29.6 Å². The fraction of sp³-hybridized carbons (Fsp3) is 0.516. The molecule has 5 rings (SSSR count). The fourth-order valence-electron chi connectivity index (χ4n) is 6.33. The van der Waals surface area contributed by atoms with E-state index in [2.05, 4.69) is 35.3 Å². The van der Waals surface area contributed by atoms with Crippen molar-refractivity contribution in [3.8, 4) is 5.69 Å². The Kier molecular flexibility index (Phi) is 8.00. The Balaban J connectivity index is 1.76. The quantitative estimate of drug-likeness (QED) is 0.359. The number of hydrogen-bond acceptors (Lipinski definition) is 6. The number of amides is 1. The van der Waals surface area contributed by atoms with Crippen LogP contribution in [0.1, 0.15) is 88.6 Å². The molecule has 1 aliphatic carbocycles. The van der Waals surface area contributed by atoms with Gasteiger partial charge in [-0.05, 0) is 63.3 Å². The third kappa shape index (κ3) is 5.02. The zero-order chi connectivity index (χ0) is 28.7. The average molecular weight is 563 g/mol. The smallest absolute Gasteiger partial charge is 0.349 e. The third-order valence-electron chi connectivity index (χ3n) is 8.46. The van der Waals surface area contributed by atoms with E-state index in [4.69, 9.17) is 16.6 Å². The summed E-state index contributed by atoms with van der Waals surface area (Å²) >= 11 is 6.97. The zero-order valence-corrected chi connectivity index (χ0v) is 24.9. The molecule has 1 amide bonds. The van der Waals surface area contributed by atoms with Gasteiger partial charge >= 0.3 is 5.69 Å². The number of piperazine rings is 1. The van der Waals surface area contributed by atoms with E-state index in [-0.39, 0.29) is 29.8 Å². The van der Waals surface area contributed by atoms with Gasteiger partial charge in [-0.15, -0.1) is 0 Å². The predicted octanol–water partition coefficient (Wildman–Crippen LogP) is 5.92. The molecule has 1 aliphatic heterocycles. The molecule has 0 bridgehead atoms. The second-order valence-electron chi connectivity index (χ2n) is 11.7. The Labute approximate surface area is 241 Å². The lowest BCUT2D eigenvalue weighted by atomic mass is 9.86. The fourth-order valence-corrected chi connectivity index (χ4v) is 6.64. The first-order chi connectivity index (χ1) is 19.1. The minimum Gasteiger partial charge on any atom is -0.349 e. The molecule has 0 radical (unpaired) electrons. The van der Waals surface area contributed by atoms with Gasteiger partial charge < -0.3 is 9.80 Å². The van der Waals surface area contributed by atoms with E-state index in [1.165, 1.54) is 12.5 Å². The lowest BCUT2D eigenvalue weighted by molar-refractivity contribution is -0.128. The standard InChI is InChI=1S/C31H39ClN6O2/c1-7-25(39)36-16-21(6)37(17-20(36)5)29-23-15-24(32)27(22-11-9-8-10-12-22)34-30(23)38(31(40)35-29)28-19(4)13-14-33-26(28)18(2)3/h7,13-15,18,20-22H,1,8-12,16-17H2,2-6H3/t20-,21+/m1/s1. The van der Waals surface area contributed by atoms with Crippen LogP contribution in [0.3, 0.4) is 0 Å². The highest BCUT2D eigenvalue weighted by Crippen LogP contribution is 2.39. The van der Waals surface area contributed by atoms with Crippen LogP contribution in [0.5, 0.6) is 0 Å². The summed E-state index contributed by atoms with van der Waals surface area (Å²) in [7, 11) is 0. The summed E-state index contributed by atoms with van der Waals surface area (Å²) in [5.74, 6) is 0.816. The highest BCUT2D eigenvalue weighted by molar-refractivity contribution is 6.32. The number of rotatable bonds is 5. The Morgan fingerprint density at radius 3 is 2.52 bits per heavy atom. The molecule has 2 fully saturated rings. The SMILES string of the molecule is C=CC(=O)N1C[C@H](C)N(c2nc(=O)n(-c3c(C)ccnc3C(C)C)c3nc(C4CCCCC4)c(Cl)cc23)C[C@H]1C. The van der Waals surface area contributed by atoms with E-state index < -0.39 is 5.69 Å². The molecule has 8 nitrogen and oxygen atoms in total. The third-order valence-corrected chi connectivity index (χ3v) is 8.76. The lowest BCUT2D eigenvalue weighted by Crippen LogP contribution is -2.58. The van der Waals surface area contributed by atoms with Crippen LogP contribution in [0.2, 0.25) is 5.02 Å². The summed E-state index contributed by atoms with van der Waals surface area (Å²) in [4.78, 5) is 45.0. The monoisotopic (exact) mass is 562 g/mol. The number of aromatic nitrogens is 4. The Hall–Kier alpha value is -3.26. The highest BCUT2D eigenvalue weighted by Gasteiger charge is 2.34. The molecule has 1 saturated heterocycles. The van der Waals surface area contributed by atoms with Crippen molar-refractivity contribution in [3.05, 3.63) is 63.4 Å². The van der Waals surface area contributed by atoms with Crippen LogP contribution in [0, 0.1) is 6.92 Å². The van der Waals surface area contributed by atoms with Gasteiger partial charge in [-0.2, -0.15) is 4.98 Å². The maximum Gasteiger partial charge on any atom is 0.355 e. The number of halogens is 1. The van der Waals surface area contributed by atoms with Crippen LogP contribution < -0.4 is 10.6 Å². The normalized spacial score (nSPS) is 20.4. The van der Waals surface area contributed by atoms with Crippen molar-refractivity contribution >= 4 is 34.4 Å². The molecule has 3 aromatic heterocycles. The maximum absolute atomic E-state index is 14.1. The number of aryl methyl sites for hydroxylation is 1. The Morgan fingerprint density at radius 2 is 1.85 bits per heavy atom. The molecule has 212 valence electrons. The van der Waals surface area contributed by atoms with Crippen LogP contribution in [-0.4, -0.2) is 55.5 Å². The molecule has 40 heavy (non-hydrogen) atoms. The lowest BCUT2D eigenvalue weighted by Gasteiger charge is -2.44. The summed E-state index contributed by atoms with van der Waals surface area (Å²) in [6.45, 7) is 14.9. The van der Waals surface area contributed by atoms with E-state index in [1.807, 2.05) is 37.8 Å². The molecule has 0 spiro atoms. The van der Waals surface area contributed by atoms with Crippen LogP contribution in [-0.2, 0) is 4.79 Å². The van der Waals surface area contributed by atoms with Crippen molar-refractivity contribution in [1.29, 1.82) is 0 Å². The summed E-state index contributed by atoms with van der Waals surface area (Å²) in [5, 5.41) is 1.34. The topological polar surface area (TPSA) is 84.2 Å². The first kappa shape index (κ1) is 28.3. The number of carbonyl (C=O) groups is 1. The number of pyridine rings is 2. The first-order valence-electron chi connectivity index (χ1n) is 14.4. The summed E-state index contributed by atoms with van der Waals surface area (Å²) in [6.07, 6.45) is 8.74. The summed E-state index contributed by atoms with van der Waals surface area (Å²) in [6, 6.07) is 3.71. The second kappa shape index (κ2) is 11.3. The van der Waals surface area contributed by atoms with Gasteiger partial charge in [-0.3, -0.25) is 9.78 Å². The van der Waals surface area contributed by atoms with Gasteiger partial charge in [0, 0.05) is 37.3 Å². The maximum atomic E-state index is 14.1. The van der Waals surface area contributed by atoms with Crippen molar-refractivity contribution in [2.24, 2.45) is 0 Å². The van der Waals surface area contributed by atoms with Crippen molar-refractivity contribution in [2.45, 2.75) is 90.6 Å². The Bertz CT molecular complexity index is 1510. The molecule has 3 aromatic rings. The van der Waals surface area contributed by atoms with Crippen molar-refractivity contribution in [2.75, 3.05) is 18.0 Å². The van der Waals surface area contributed by atoms with Gasteiger partial charge in [0.2, 0.25) is 5.91 Å². The van der Waals surface area contributed by atoms with E-state index in [9.17, 15) is 9.59 Å². The van der Waals surface area contributed by atoms with E-state index in [1.54, 1.807) is 10.8 Å². The molecule has 1 saturated carbocycles. The number of anilines is 1. The molecule has 0 N–H and O–H groups in total. The minimum atomic E-state index is -0.394. The molecular formula is C31H39ClN6O2. The zero-order valence-electron chi connectivity index (χ0n) is 24.2. The predicted molar refractivity (Wildman–Crippen MR) is 161 cm³/mol.